The second-order valence-electron chi connectivity index (χ2n) is 7.06. The molecule has 26 heavy (non-hydrogen) atoms. The quantitative estimate of drug-likeness (QED) is 0.865. The molecule has 1 aromatic carbocycles. The van der Waals surface area contributed by atoms with E-state index in [4.69, 9.17) is 0 Å². The summed E-state index contributed by atoms with van der Waals surface area (Å²) in [7, 11) is 0. The second kappa shape index (κ2) is 6.44. The third-order valence-corrected chi connectivity index (χ3v) is 5.60. The zero-order valence-electron chi connectivity index (χ0n) is 14.5. The van der Waals surface area contributed by atoms with Gasteiger partial charge >= 0.3 is 0 Å². The number of benzene rings is 1. The van der Waals surface area contributed by atoms with Gasteiger partial charge in [-0.2, -0.15) is 0 Å². The molecule has 0 bridgehead atoms. The Morgan fingerprint density at radius 3 is 2.31 bits per heavy atom. The Kier molecular flexibility index (Phi) is 4.11. The summed E-state index contributed by atoms with van der Waals surface area (Å²) in [6.45, 7) is 1.73. The fraction of sp³-hybridized carbons (Fsp3) is 0.350. The number of carbonyl (C=O) groups excluding carboxylic acids is 2. The average molecular weight is 351 g/mol. The summed E-state index contributed by atoms with van der Waals surface area (Å²) in [5.41, 5.74) is 1.04. The standard InChI is InChI=1S/C20H21N3O3/c24-17-15(6-7-16(22-17)14-4-2-1-3-5-14)18(25)23-12-9-20(10-13-23)8-11-21-19(20)26/h1-7H,8-13H2,(H,21,26)(H,22,24). The van der Waals surface area contributed by atoms with E-state index in [0.717, 1.165) is 12.0 Å². The van der Waals surface area contributed by atoms with Crippen molar-refractivity contribution in [2.24, 2.45) is 5.41 Å². The number of piperidine rings is 1. The van der Waals surface area contributed by atoms with E-state index in [9.17, 15) is 14.4 Å². The van der Waals surface area contributed by atoms with Crippen molar-refractivity contribution >= 4 is 11.8 Å². The molecule has 134 valence electrons. The number of carbonyl (C=O) groups is 2. The van der Waals surface area contributed by atoms with Gasteiger partial charge in [-0.05, 0) is 37.0 Å². The van der Waals surface area contributed by atoms with Crippen LogP contribution in [0.25, 0.3) is 11.3 Å². The van der Waals surface area contributed by atoms with Crippen LogP contribution in [0.5, 0.6) is 0 Å². The number of aromatic amines is 1. The number of pyridine rings is 1. The predicted octanol–water partition coefficient (Wildman–Crippen LogP) is 1.78. The molecular weight excluding hydrogens is 330 g/mol. The molecule has 0 atom stereocenters. The van der Waals surface area contributed by atoms with E-state index in [1.165, 1.54) is 0 Å². The number of aromatic nitrogens is 1. The van der Waals surface area contributed by atoms with Crippen LogP contribution >= 0.6 is 0 Å². The van der Waals surface area contributed by atoms with Crippen molar-refractivity contribution < 1.29 is 9.59 Å². The number of hydrogen-bond acceptors (Lipinski definition) is 3. The van der Waals surface area contributed by atoms with E-state index in [2.05, 4.69) is 10.3 Å². The van der Waals surface area contributed by atoms with E-state index in [0.29, 0.717) is 38.2 Å². The molecule has 0 radical (unpaired) electrons. The molecule has 4 rings (SSSR count). The molecule has 2 aliphatic rings. The minimum Gasteiger partial charge on any atom is -0.356 e. The molecule has 6 nitrogen and oxygen atoms in total. The maximum absolute atomic E-state index is 12.8. The van der Waals surface area contributed by atoms with E-state index in [-0.39, 0.29) is 28.4 Å². The van der Waals surface area contributed by atoms with Gasteiger partial charge in [-0.3, -0.25) is 14.4 Å². The first kappa shape index (κ1) is 16.6. The zero-order chi connectivity index (χ0) is 18.1. The van der Waals surface area contributed by atoms with Crippen molar-refractivity contribution in [2.75, 3.05) is 19.6 Å². The molecule has 2 amide bonds. The molecule has 2 aliphatic heterocycles. The zero-order valence-corrected chi connectivity index (χ0v) is 14.5. The van der Waals surface area contributed by atoms with E-state index in [1.54, 1.807) is 17.0 Å². The Hall–Kier alpha value is -2.89. The fourth-order valence-corrected chi connectivity index (χ4v) is 3.93. The summed E-state index contributed by atoms with van der Waals surface area (Å²) >= 11 is 0. The third-order valence-electron chi connectivity index (χ3n) is 5.60. The smallest absolute Gasteiger partial charge is 0.261 e. The molecule has 0 unspecified atom stereocenters. The van der Waals surface area contributed by atoms with Crippen molar-refractivity contribution in [2.45, 2.75) is 19.3 Å². The van der Waals surface area contributed by atoms with Crippen molar-refractivity contribution in [3.05, 3.63) is 58.4 Å². The highest BCUT2D eigenvalue weighted by molar-refractivity contribution is 5.94. The first-order chi connectivity index (χ1) is 12.6. The van der Waals surface area contributed by atoms with Gasteiger partial charge in [0.05, 0.1) is 5.41 Å². The topological polar surface area (TPSA) is 82.3 Å². The van der Waals surface area contributed by atoms with Gasteiger partial charge < -0.3 is 15.2 Å². The largest absolute Gasteiger partial charge is 0.356 e. The molecule has 1 spiro atoms. The number of H-pyrrole nitrogens is 1. The molecule has 2 fully saturated rings. The number of amides is 2. The lowest BCUT2D eigenvalue weighted by atomic mass is 9.77. The number of hydrogen-bond donors (Lipinski definition) is 2. The van der Waals surface area contributed by atoms with Crippen molar-refractivity contribution in [3.63, 3.8) is 0 Å². The van der Waals surface area contributed by atoms with Crippen molar-refractivity contribution in [1.29, 1.82) is 0 Å². The highest BCUT2D eigenvalue weighted by atomic mass is 16.2. The molecular formula is C20H21N3O3. The van der Waals surface area contributed by atoms with Gasteiger partial charge in [0.15, 0.2) is 0 Å². The maximum Gasteiger partial charge on any atom is 0.261 e. The normalized spacial score (nSPS) is 18.8. The minimum absolute atomic E-state index is 0.106. The average Bonchev–Trinajstić information content (AvgIpc) is 3.02. The van der Waals surface area contributed by atoms with Crippen LogP contribution in [0.15, 0.2) is 47.3 Å². The van der Waals surface area contributed by atoms with E-state index in [1.807, 2.05) is 30.3 Å². The lowest BCUT2D eigenvalue weighted by Crippen LogP contribution is -2.47. The van der Waals surface area contributed by atoms with Crippen LogP contribution in [-0.4, -0.2) is 41.3 Å². The molecule has 1 aromatic heterocycles. The third kappa shape index (κ3) is 2.81. The Balaban J connectivity index is 1.51. The van der Waals surface area contributed by atoms with E-state index < -0.39 is 0 Å². The summed E-state index contributed by atoms with van der Waals surface area (Å²) in [5.74, 6) is -0.159. The van der Waals surface area contributed by atoms with Crippen LogP contribution in [0, 0.1) is 5.41 Å². The molecule has 2 saturated heterocycles. The number of nitrogens with zero attached hydrogens (tertiary/aromatic N) is 1. The van der Waals surface area contributed by atoms with Crippen LogP contribution in [0.4, 0.5) is 0 Å². The van der Waals surface area contributed by atoms with Gasteiger partial charge in [-0.15, -0.1) is 0 Å². The molecule has 6 heteroatoms. The van der Waals surface area contributed by atoms with Gasteiger partial charge in [0, 0.05) is 25.3 Å². The van der Waals surface area contributed by atoms with Gasteiger partial charge in [-0.25, -0.2) is 0 Å². The SMILES string of the molecule is O=C(c1ccc(-c2ccccc2)[nH]c1=O)N1CCC2(CCNC2=O)CC1. The number of rotatable bonds is 2. The lowest BCUT2D eigenvalue weighted by molar-refractivity contribution is -0.129. The van der Waals surface area contributed by atoms with Crippen LogP contribution < -0.4 is 10.9 Å². The summed E-state index contributed by atoms with van der Waals surface area (Å²) in [4.78, 5) is 41.7. The van der Waals surface area contributed by atoms with Gasteiger partial charge in [0.1, 0.15) is 5.56 Å². The molecule has 2 aromatic rings. The summed E-state index contributed by atoms with van der Waals surface area (Å²) in [5, 5.41) is 2.89. The van der Waals surface area contributed by atoms with Crippen molar-refractivity contribution in [1.82, 2.24) is 15.2 Å². The highest BCUT2D eigenvalue weighted by Crippen LogP contribution is 2.38. The van der Waals surface area contributed by atoms with Gasteiger partial charge in [0.25, 0.3) is 11.5 Å². The van der Waals surface area contributed by atoms with Crippen LogP contribution in [0.3, 0.4) is 0 Å². The van der Waals surface area contributed by atoms with Crippen LogP contribution in [0.2, 0.25) is 0 Å². The maximum atomic E-state index is 12.8. The number of likely N-dealkylation sites (tertiary alicyclic amines) is 1. The van der Waals surface area contributed by atoms with E-state index >= 15 is 0 Å². The second-order valence-corrected chi connectivity index (χ2v) is 7.06. The predicted molar refractivity (Wildman–Crippen MR) is 97.7 cm³/mol. The highest BCUT2D eigenvalue weighted by Gasteiger charge is 2.45. The first-order valence-corrected chi connectivity index (χ1v) is 8.95. The summed E-state index contributed by atoms with van der Waals surface area (Å²) in [6, 6.07) is 12.9. The van der Waals surface area contributed by atoms with Crippen LogP contribution in [0.1, 0.15) is 29.6 Å². The molecule has 0 saturated carbocycles. The fourth-order valence-electron chi connectivity index (χ4n) is 3.93. The van der Waals surface area contributed by atoms with Gasteiger partial charge in [0.2, 0.25) is 5.91 Å². The summed E-state index contributed by atoms with van der Waals surface area (Å²) in [6.07, 6.45) is 2.15. The molecule has 2 N–H and O–H groups in total. The summed E-state index contributed by atoms with van der Waals surface area (Å²) < 4.78 is 0. The minimum atomic E-state index is -0.379. The van der Waals surface area contributed by atoms with Crippen molar-refractivity contribution in [3.8, 4) is 11.3 Å². The van der Waals surface area contributed by atoms with Gasteiger partial charge in [-0.1, -0.05) is 30.3 Å². The Labute approximate surface area is 151 Å². The first-order valence-electron chi connectivity index (χ1n) is 8.95. The Morgan fingerprint density at radius 2 is 1.69 bits per heavy atom. The monoisotopic (exact) mass is 351 g/mol. The lowest BCUT2D eigenvalue weighted by Gasteiger charge is -2.37. The Bertz CT molecular complexity index is 896. The molecule has 3 heterocycles. The van der Waals surface area contributed by atoms with Crippen LogP contribution in [-0.2, 0) is 4.79 Å². The number of nitrogens with one attached hydrogen (secondary N) is 2. The molecule has 0 aliphatic carbocycles. The Morgan fingerprint density at radius 1 is 0.962 bits per heavy atom.